The number of nitrogens with zero attached hydrogens (tertiary/aromatic N) is 2. The highest BCUT2D eigenvalue weighted by Crippen LogP contribution is 2.27. The number of aromatic nitrogens is 2. The van der Waals surface area contributed by atoms with Crippen molar-refractivity contribution in [1.82, 2.24) is 9.97 Å². The molecule has 0 radical (unpaired) electrons. The summed E-state index contributed by atoms with van der Waals surface area (Å²) in [5.41, 5.74) is 0.948. The Morgan fingerprint density at radius 3 is 2.65 bits per heavy atom. The number of hydrogen-bond donors (Lipinski definition) is 1. The Balaban J connectivity index is 1.89. The van der Waals surface area contributed by atoms with Crippen LogP contribution >= 0.6 is 11.6 Å². The largest absolute Gasteiger partial charge is 0.370 e. The molecule has 4 heteroatoms. The average molecular weight is 254 g/mol. The summed E-state index contributed by atoms with van der Waals surface area (Å²) in [6, 6.07) is 0. The molecule has 94 valence electrons. The molecule has 0 aliphatic heterocycles. The Labute approximate surface area is 108 Å². The van der Waals surface area contributed by atoms with Crippen molar-refractivity contribution in [3.8, 4) is 0 Å². The predicted molar refractivity (Wildman–Crippen MR) is 71.6 cm³/mol. The number of aryl methyl sites for hydroxylation is 1. The van der Waals surface area contributed by atoms with Gasteiger partial charge in [-0.15, -0.1) is 0 Å². The van der Waals surface area contributed by atoms with E-state index in [2.05, 4.69) is 15.3 Å². The summed E-state index contributed by atoms with van der Waals surface area (Å²) in [4.78, 5) is 8.52. The minimum Gasteiger partial charge on any atom is -0.370 e. The van der Waals surface area contributed by atoms with Crippen LogP contribution in [0.4, 0.5) is 5.82 Å². The third kappa shape index (κ3) is 3.32. The molecule has 1 aromatic rings. The van der Waals surface area contributed by atoms with Crippen molar-refractivity contribution in [3.63, 3.8) is 0 Å². The normalized spacial score (nSPS) is 16.4. The predicted octanol–water partition coefficient (Wildman–Crippen LogP) is 3.74. The number of hydrogen-bond acceptors (Lipinski definition) is 3. The van der Waals surface area contributed by atoms with Crippen molar-refractivity contribution in [2.24, 2.45) is 5.92 Å². The zero-order valence-corrected chi connectivity index (χ0v) is 11.3. The Morgan fingerprint density at radius 1 is 1.24 bits per heavy atom. The van der Waals surface area contributed by atoms with Gasteiger partial charge < -0.3 is 5.32 Å². The maximum absolute atomic E-state index is 6.03. The van der Waals surface area contributed by atoms with Gasteiger partial charge in [-0.2, -0.15) is 0 Å². The Hall–Kier alpha value is -0.830. The standard InChI is InChI=1S/C13H20ClN3/c1-9-12(14)16-10(2)17-13(9)15-8-7-11-5-3-4-6-11/h11H,3-8H2,1-2H3,(H,15,16,17). The van der Waals surface area contributed by atoms with Gasteiger partial charge in [0.15, 0.2) is 0 Å². The molecule has 2 rings (SSSR count). The van der Waals surface area contributed by atoms with E-state index in [0.717, 1.165) is 29.7 Å². The van der Waals surface area contributed by atoms with Crippen LogP contribution in [0, 0.1) is 19.8 Å². The first-order chi connectivity index (χ1) is 8.16. The van der Waals surface area contributed by atoms with E-state index in [-0.39, 0.29) is 0 Å². The molecule has 0 saturated heterocycles. The lowest BCUT2D eigenvalue weighted by Gasteiger charge is -2.12. The van der Waals surface area contributed by atoms with Crippen LogP contribution in [0.5, 0.6) is 0 Å². The van der Waals surface area contributed by atoms with Crippen molar-refractivity contribution in [2.45, 2.75) is 46.0 Å². The summed E-state index contributed by atoms with van der Waals surface area (Å²) in [5.74, 6) is 2.52. The molecule has 1 aliphatic carbocycles. The summed E-state index contributed by atoms with van der Waals surface area (Å²) >= 11 is 6.03. The second-order valence-corrected chi connectivity index (χ2v) is 5.26. The van der Waals surface area contributed by atoms with E-state index in [0.29, 0.717) is 5.15 Å². The molecule has 1 aliphatic rings. The van der Waals surface area contributed by atoms with Crippen LogP contribution in [0.2, 0.25) is 5.15 Å². The van der Waals surface area contributed by atoms with Crippen LogP contribution in [-0.2, 0) is 0 Å². The van der Waals surface area contributed by atoms with E-state index in [1.54, 1.807) is 0 Å². The van der Waals surface area contributed by atoms with Gasteiger partial charge in [-0.25, -0.2) is 9.97 Å². The highest BCUT2D eigenvalue weighted by atomic mass is 35.5. The lowest BCUT2D eigenvalue weighted by Crippen LogP contribution is -2.10. The van der Waals surface area contributed by atoms with E-state index in [1.807, 2.05) is 13.8 Å². The fraction of sp³-hybridized carbons (Fsp3) is 0.692. The minimum atomic E-state index is 0.556. The van der Waals surface area contributed by atoms with Crippen molar-refractivity contribution in [2.75, 3.05) is 11.9 Å². The summed E-state index contributed by atoms with van der Waals surface area (Å²) in [6.07, 6.45) is 6.83. The molecule has 1 saturated carbocycles. The van der Waals surface area contributed by atoms with Crippen LogP contribution in [0.25, 0.3) is 0 Å². The van der Waals surface area contributed by atoms with Gasteiger partial charge in [-0.05, 0) is 26.2 Å². The van der Waals surface area contributed by atoms with Gasteiger partial charge in [0.25, 0.3) is 0 Å². The molecule has 1 heterocycles. The van der Waals surface area contributed by atoms with Crippen molar-refractivity contribution in [1.29, 1.82) is 0 Å². The summed E-state index contributed by atoms with van der Waals surface area (Å²) in [5, 5.41) is 3.94. The number of nitrogens with one attached hydrogen (secondary N) is 1. The third-order valence-electron chi connectivity index (χ3n) is 3.52. The van der Waals surface area contributed by atoms with Crippen LogP contribution in [0.15, 0.2) is 0 Å². The maximum Gasteiger partial charge on any atom is 0.137 e. The zero-order chi connectivity index (χ0) is 12.3. The molecular weight excluding hydrogens is 234 g/mol. The van der Waals surface area contributed by atoms with Crippen LogP contribution < -0.4 is 5.32 Å². The second-order valence-electron chi connectivity index (χ2n) is 4.90. The monoisotopic (exact) mass is 253 g/mol. The molecule has 1 aromatic heterocycles. The molecule has 0 amide bonds. The summed E-state index contributed by atoms with van der Waals surface area (Å²) < 4.78 is 0. The van der Waals surface area contributed by atoms with Gasteiger partial charge in [0.2, 0.25) is 0 Å². The number of anilines is 1. The van der Waals surface area contributed by atoms with Gasteiger partial charge in [-0.3, -0.25) is 0 Å². The maximum atomic E-state index is 6.03. The van der Waals surface area contributed by atoms with Crippen LogP contribution in [0.3, 0.4) is 0 Å². The van der Waals surface area contributed by atoms with E-state index in [9.17, 15) is 0 Å². The highest BCUT2D eigenvalue weighted by Gasteiger charge is 2.14. The minimum absolute atomic E-state index is 0.556. The Morgan fingerprint density at radius 2 is 1.94 bits per heavy atom. The zero-order valence-electron chi connectivity index (χ0n) is 10.6. The number of rotatable bonds is 4. The fourth-order valence-electron chi connectivity index (χ4n) is 2.46. The molecule has 1 N–H and O–H groups in total. The Bertz CT molecular complexity index is 386. The van der Waals surface area contributed by atoms with Crippen LogP contribution in [-0.4, -0.2) is 16.5 Å². The average Bonchev–Trinajstić information content (AvgIpc) is 2.78. The lowest BCUT2D eigenvalue weighted by molar-refractivity contribution is 0.518. The first-order valence-electron chi connectivity index (χ1n) is 6.41. The molecule has 3 nitrogen and oxygen atoms in total. The molecule has 17 heavy (non-hydrogen) atoms. The quantitative estimate of drug-likeness (QED) is 0.831. The van der Waals surface area contributed by atoms with Gasteiger partial charge in [0, 0.05) is 12.1 Å². The Kier molecular flexibility index (Phi) is 4.21. The van der Waals surface area contributed by atoms with Gasteiger partial charge >= 0.3 is 0 Å². The van der Waals surface area contributed by atoms with Gasteiger partial charge in [-0.1, -0.05) is 37.3 Å². The fourth-order valence-corrected chi connectivity index (χ4v) is 2.67. The SMILES string of the molecule is Cc1nc(Cl)c(C)c(NCCC2CCCC2)n1. The first-order valence-corrected chi connectivity index (χ1v) is 6.79. The molecule has 0 spiro atoms. The van der Waals surface area contributed by atoms with Crippen molar-refractivity contribution >= 4 is 17.4 Å². The third-order valence-corrected chi connectivity index (χ3v) is 3.89. The lowest BCUT2D eigenvalue weighted by atomic mass is 10.0. The van der Waals surface area contributed by atoms with E-state index < -0.39 is 0 Å². The van der Waals surface area contributed by atoms with E-state index >= 15 is 0 Å². The summed E-state index contributed by atoms with van der Waals surface area (Å²) in [6.45, 7) is 4.81. The molecule has 1 fully saturated rings. The van der Waals surface area contributed by atoms with E-state index in [1.165, 1.54) is 32.1 Å². The molecule has 0 aromatic carbocycles. The molecule has 0 bridgehead atoms. The molecular formula is C13H20ClN3. The summed E-state index contributed by atoms with van der Waals surface area (Å²) in [7, 11) is 0. The topological polar surface area (TPSA) is 37.8 Å². The smallest absolute Gasteiger partial charge is 0.137 e. The highest BCUT2D eigenvalue weighted by molar-refractivity contribution is 6.30. The van der Waals surface area contributed by atoms with E-state index in [4.69, 9.17) is 11.6 Å². The van der Waals surface area contributed by atoms with Crippen molar-refractivity contribution < 1.29 is 0 Å². The second kappa shape index (κ2) is 5.67. The first kappa shape index (κ1) is 12.6. The number of halogens is 1. The van der Waals surface area contributed by atoms with Crippen molar-refractivity contribution in [3.05, 3.63) is 16.5 Å². The van der Waals surface area contributed by atoms with Gasteiger partial charge in [0.05, 0.1) is 0 Å². The molecule has 0 unspecified atom stereocenters. The van der Waals surface area contributed by atoms with Crippen LogP contribution in [0.1, 0.15) is 43.5 Å². The molecule has 0 atom stereocenters. The van der Waals surface area contributed by atoms with Gasteiger partial charge in [0.1, 0.15) is 16.8 Å².